The number of aromatic carboxylic acids is 1. The Bertz CT molecular complexity index is 385. The van der Waals surface area contributed by atoms with Gasteiger partial charge in [0.05, 0.1) is 0 Å². The molecule has 0 saturated heterocycles. The van der Waals surface area contributed by atoms with E-state index in [0.29, 0.717) is 12.8 Å². The van der Waals surface area contributed by atoms with Crippen LogP contribution in [0.2, 0.25) is 0 Å². The number of carboxylic acids is 1. The molecular formula is C9H11F3N2O2. The van der Waals surface area contributed by atoms with Crippen molar-refractivity contribution in [2.24, 2.45) is 0 Å². The van der Waals surface area contributed by atoms with Gasteiger partial charge in [-0.2, -0.15) is 18.3 Å². The van der Waals surface area contributed by atoms with E-state index in [1.54, 1.807) is 5.10 Å². The first kappa shape index (κ1) is 12.5. The van der Waals surface area contributed by atoms with E-state index in [1.165, 1.54) is 0 Å². The number of hydrogen-bond acceptors (Lipinski definition) is 2. The van der Waals surface area contributed by atoms with Gasteiger partial charge < -0.3 is 5.11 Å². The number of carbonyl (C=O) groups is 1. The molecule has 16 heavy (non-hydrogen) atoms. The van der Waals surface area contributed by atoms with Gasteiger partial charge in [-0.25, -0.2) is 4.79 Å². The lowest BCUT2D eigenvalue weighted by Gasteiger charge is -2.06. The maximum atomic E-state index is 12.5. The fourth-order valence-corrected chi connectivity index (χ4v) is 1.37. The highest BCUT2D eigenvalue weighted by molar-refractivity contribution is 5.87. The summed E-state index contributed by atoms with van der Waals surface area (Å²) in [5, 5.41) is 13.6. The van der Waals surface area contributed by atoms with Crippen LogP contribution in [0.5, 0.6) is 0 Å². The van der Waals surface area contributed by atoms with Gasteiger partial charge in [0.1, 0.15) is 5.69 Å². The molecule has 1 heterocycles. The normalized spacial score (nSPS) is 11.8. The van der Waals surface area contributed by atoms with E-state index in [9.17, 15) is 18.0 Å². The number of carboxylic acid groups (broad SMARTS) is 1. The minimum Gasteiger partial charge on any atom is -0.476 e. The number of halogens is 3. The molecule has 0 bridgehead atoms. The third-order valence-corrected chi connectivity index (χ3v) is 2.13. The third-order valence-electron chi connectivity index (χ3n) is 2.13. The van der Waals surface area contributed by atoms with Crippen molar-refractivity contribution in [3.63, 3.8) is 0 Å². The number of aromatic amines is 1. The Balaban J connectivity index is 3.14. The predicted octanol–water partition coefficient (Wildman–Crippen LogP) is 2.47. The van der Waals surface area contributed by atoms with E-state index in [2.05, 4.69) is 5.10 Å². The number of alkyl halides is 3. The highest BCUT2D eigenvalue weighted by Gasteiger charge is 2.37. The van der Waals surface area contributed by atoms with Crippen LogP contribution in [0.15, 0.2) is 0 Å². The number of aromatic nitrogens is 2. The quantitative estimate of drug-likeness (QED) is 0.843. The zero-order valence-electron chi connectivity index (χ0n) is 8.56. The van der Waals surface area contributed by atoms with Gasteiger partial charge in [0.15, 0.2) is 5.69 Å². The molecule has 2 N–H and O–H groups in total. The lowest BCUT2D eigenvalue weighted by atomic mass is 10.1. The summed E-state index contributed by atoms with van der Waals surface area (Å²) in [4.78, 5) is 10.7. The van der Waals surface area contributed by atoms with Crippen LogP contribution in [0.3, 0.4) is 0 Å². The lowest BCUT2D eigenvalue weighted by molar-refractivity contribution is -0.141. The van der Waals surface area contributed by atoms with Crippen molar-refractivity contribution >= 4 is 5.97 Å². The van der Waals surface area contributed by atoms with Crippen molar-refractivity contribution in [2.75, 3.05) is 0 Å². The first-order valence-electron chi connectivity index (χ1n) is 4.75. The standard InChI is InChI=1S/C9H11F3N2O2/c1-2-3-4-5-6(8(15)16)13-14-7(5)9(10,11)12/h2-4H2,1H3,(H,13,14)(H,15,16). The highest BCUT2D eigenvalue weighted by atomic mass is 19.4. The Kier molecular flexibility index (Phi) is 3.56. The van der Waals surface area contributed by atoms with Crippen LogP contribution in [0.25, 0.3) is 0 Å². The van der Waals surface area contributed by atoms with Crippen LogP contribution < -0.4 is 0 Å². The Labute approximate surface area is 89.5 Å². The Morgan fingerprint density at radius 2 is 2.12 bits per heavy atom. The molecule has 1 rings (SSSR count). The molecule has 90 valence electrons. The van der Waals surface area contributed by atoms with Crippen LogP contribution >= 0.6 is 0 Å². The van der Waals surface area contributed by atoms with Gasteiger partial charge in [-0.3, -0.25) is 5.10 Å². The summed E-state index contributed by atoms with van der Waals surface area (Å²) in [6.45, 7) is 1.81. The zero-order valence-corrected chi connectivity index (χ0v) is 8.56. The molecule has 0 aliphatic rings. The summed E-state index contributed by atoms with van der Waals surface area (Å²) in [6.07, 6.45) is -3.36. The minimum atomic E-state index is -4.59. The van der Waals surface area contributed by atoms with Crippen LogP contribution in [0.1, 0.15) is 41.5 Å². The number of hydrogen-bond donors (Lipinski definition) is 2. The predicted molar refractivity (Wildman–Crippen MR) is 49.2 cm³/mol. The van der Waals surface area contributed by atoms with Crippen molar-refractivity contribution in [2.45, 2.75) is 32.4 Å². The van der Waals surface area contributed by atoms with Crippen molar-refractivity contribution in [3.05, 3.63) is 17.0 Å². The highest BCUT2D eigenvalue weighted by Crippen LogP contribution is 2.32. The summed E-state index contributed by atoms with van der Waals surface area (Å²) in [6, 6.07) is 0. The molecule has 1 aromatic rings. The van der Waals surface area contributed by atoms with Gasteiger partial charge in [0.2, 0.25) is 0 Å². The van der Waals surface area contributed by atoms with Gasteiger partial charge in [-0.15, -0.1) is 0 Å². The zero-order chi connectivity index (χ0) is 12.3. The second-order valence-electron chi connectivity index (χ2n) is 3.33. The fraction of sp³-hybridized carbons (Fsp3) is 0.556. The van der Waals surface area contributed by atoms with Gasteiger partial charge in [-0.1, -0.05) is 13.3 Å². The summed E-state index contributed by atoms with van der Waals surface area (Å²) in [7, 11) is 0. The number of rotatable bonds is 4. The van der Waals surface area contributed by atoms with E-state index in [4.69, 9.17) is 5.11 Å². The maximum Gasteiger partial charge on any atom is 0.433 e. The van der Waals surface area contributed by atoms with Gasteiger partial charge in [-0.05, 0) is 12.8 Å². The third kappa shape index (κ3) is 2.53. The van der Waals surface area contributed by atoms with Crippen molar-refractivity contribution in [3.8, 4) is 0 Å². The van der Waals surface area contributed by atoms with Gasteiger partial charge in [0.25, 0.3) is 0 Å². The van der Waals surface area contributed by atoms with Crippen molar-refractivity contribution in [1.29, 1.82) is 0 Å². The summed E-state index contributed by atoms with van der Waals surface area (Å²) >= 11 is 0. The van der Waals surface area contributed by atoms with E-state index in [-0.39, 0.29) is 12.0 Å². The fourth-order valence-electron chi connectivity index (χ4n) is 1.37. The van der Waals surface area contributed by atoms with Crippen LogP contribution in [-0.2, 0) is 12.6 Å². The van der Waals surface area contributed by atoms with E-state index in [1.807, 2.05) is 6.92 Å². The van der Waals surface area contributed by atoms with Crippen molar-refractivity contribution < 1.29 is 23.1 Å². The molecule has 0 atom stereocenters. The molecule has 1 aromatic heterocycles. The van der Waals surface area contributed by atoms with Gasteiger partial charge >= 0.3 is 12.1 Å². The molecule has 7 heteroatoms. The summed E-state index contributed by atoms with van der Waals surface area (Å²) in [5.74, 6) is -1.45. The minimum absolute atomic E-state index is 0.0590. The second-order valence-corrected chi connectivity index (χ2v) is 3.33. The molecule has 0 aromatic carbocycles. The largest absolute Gasteiger partial charge is 0.476 e. The van der Waals surface area contributed by atoms with Crippen molar-refractivity contribution in [1.82, 2.24) is 10.2 Å². The Hall–Kier alpha value is -1.53. The number of H-pyrrole nitrogens is 1. The van der Waals surface area contributed by atoms with Gasteiger partial charge in [0, 0.05) is 5.56 Å². The topological polar surface area (TPSA) is 66.0 Å². The SMILES string of the molecule is CCCCc1c(C(=O)O)n[nH]c1C(F)(F)F. The molecular weight excluding hydrogens is 225 g/mol. The monoisotopic (exact) mass is 236 g/mol. The van der Waals surface area contributed by atoms with Crippen LogP contribution in [-0.4, -0.2) is 21.3 Å². The second kappa shape index (κ2) is 4.54. The molecule has 0 fully saturated rings. The Morgan fingerprint density at radius 3 is 2.56 bits per heavy atom. The van der Waals surface area contributed by atoms with E-state index >= 15 is 0 Å². The van der Waals surface area contributed by atoms with E-state index in [0.717, 1.165) is 0 Å². The number of nitrogens with zero attached hydrogens (tertiary/aromatic N) is 1. The lowest BCUT2D eigenvalue weighted by Crippen LogP contribution is -2.10. The van der Waals surface area contributed by atoms with Crippen LogP contribution in [0, 0.1) is 0 Å². The summed E-state index contributed by atoms with van der Waals surface area (Å²) in [5.41, 5.74) is -1.86. The first-order valence-corrected chi connectivity index (χ1v) is 4.75. The smallest absolute Gasteiger partial charge is 0.433 e. The average molecular weight is 236 g/mol. The molecule has 0 amide bonds. The molecule has 4 nitrogen and oxygen atoms in total. The first-order chi connectivity index (χ1) is 7.38. The molecule has 0 unspecified atom stereocenters. The maximum absolute atomic E-state index is 12.5. The average Bonchev–Trinajstić information content (AvgIpc) is 2.57. The van der Waals surface area contributed by atoms with E-state index < -0.39 is 23.5 Å². The number of nitrogens with one attached hydrogen (secondary N) is 1. The molecule has 0 spiro atoms. The molecule has 0 radical (unpaired) electrons. The molecule has 0 aliphatic heterocycles. The molecule has 0 aliphatic carbocycles. The van der Waals surface area contributed by atoms with Crippen LogP contribution in [0.4, 0.5) is 13.2 Å². The molecule has 0 saturated carbocycles. The number of unbranched alkanes of at least 4 members (excludes halogenated alkanes) is 1. The Morgan fingerprint density at radius 1 is 1.50 bits per heavy atom. The summed E-state index contributed by atoms with van der Waals surface area (Å²) < 4.78 is 37.5.